The lowest BCUT2D eigenvalue weighted by atomic mass is 9.99. The van der Waals surface area contributed by atoms with Crippen LogP contribution in [0.2, 0.25) is 0 Å². The second-order valence-corrected chi connectivity index (χ2v) is 14.9. The molecule has 1 saturated heterocycles. The molecule has 6 unspecified atom stereocenters. The Labute approximate surface area is 314 Å². The molecular weight excluding hydrogens is 692 g/mol. The van der Waals surface area contributed by atoms with E-state index in [4.69, 9.17) is 23.5 Å². The molecule has 52 heavy (non-hydrogen) atoms. The van der Waals surface area contributed by atoms with E-state index in [2.05, 4.69) is 42.3 Å². The Hall–Kier alpha value is -1.42. The molecule has 0 aromatic rings. The van der Waals surface area contributed by atoms with Gasteiger partial charge < -0.3 is 34.3 Å². The van der Waals surface area contributed by atoms with E-state index in [0.717, 1.165) is 64.2 Å². The smallest absolute Gasteiger partial charge is 0.397 e. The Balaban J connectivity index is 2.37. The van der Waals surface area contributed by atoms with E-state index in [1.807, 2.05) is 0 Å². The van der Waals surface area contributed by atoms with Crippen molar-refractivity contribution in [1.29, 1.82) is 0 Å². The normalized spacial score (nSPS) is 21.7. The van der Waals surface area contributed by atoms with Gasteiger partial charge in [-0.25, -0.2) is 4.18 Å². The van der Waals surface area contributed by atoms with Crippen molar-refractivity contribution in [2.24, 2.45) is 0 Å². The molecule has 6 atom stereocenters. The van der Waals surface area contributed by atoms with Crippen LogP contribution in [0.1, 0.15) is 155 Å². The van der Waals surface area contributed by atoms with Gasteiger partial charge in [-0.05, 0) is 44.9 Å². The van der Waals surface area contributed by atoms with Gasteiger partial charge in [0.1, 0.15) is 30.5 Å². The number of esters is 1. The van der Waals surface area contributed by atoms with Gasteiger partial charge in [0.2, 0.25) is 0 Å². The van der Waals surface area contributed by atoms with Crippen molar-refractivity contribution < 1.29 is 56.2 Å². The van der Waals surface area contributed by atoms with Crippen LogP contribution in [-0.4, -0.2) is 97.5 Å². The predicted molar refractivity (Wildman–Crippen MR) is 202 cm³/mol. The molecule has 4 N–H and O–H groups in total. The van der Waals surface area contributed by atoms with Gasteiger partial charge >= 0.3 is 16.4 Å². The summed E-state index contributed by atoms with van der Waals surface area (Å²) >= 11 is 0. The highest BCUT2D eigenvalue weighted by Gasteiger charge is 2.48. The first kappa shape index (κ1) is 48.6. The Morgan fingerprint density at radius 2 is 1.27 bits per heavy atom. The molecule has 0 aliphatic carbocycles. The minimum atomic E-state index is -5.05. The van der Waals surface area contributed by atoms with Crippen molar-refractivity contribution in [3.05, 3.63) is 24.3 Å². The zero-order valence-electron chi connectivity index (χ0n) is 32.1. The molecule has 0 spiro atoms. The molecule has 0 aromatic heterocycles. The number of carbonyl (C=O) groups excluding carboxylic acids is 1. The molecule has 0 bridgehead atoms. The molecule has 0 radical (unpaired) electrons. The average molecular weight is 765 g/mol. The maximum absolute atomic E-state index is 12.6. The van der Waals surface area contributed by atoms with Crippen LogP contribution >= 0.6 is 0 Å². The third-order valence-electron chi connectivity index (χ3n) is 9.08. The highest BCUT2D eigenvalue weighted by Crippen LogP contribution is 2.26. The summed E-state index contributed by atoms with van der Waals surface area (Å²) in [5.41, 5.74) is 0. The zero-order chi connectivity index (χ0) is 38.3. The van der Waals surface area contributed by atoms with Gasteiger partial charge in [0.05, 0.1) is 19.8 Å². The summed E-state index contributed by atoms with van der Waals surface area (Å²) in [7, 11) is -5.05. The highest BCUT2D eigenvalue weighted by atomic mass is 32.3. The molecule has 13 heteroatoms. The van der Waals surface area contributed by atoms with Crippen LogP contribution < -0.4 is 0 Å². The maximum atomic E-state index is 12.6. The van der Waals surface area contributed by atoms with Crippen molar-refractivity contribution in [2.75, 3.05) is 26.4 Å². The number of hydrogen-bond acceptors (Lipinski definition) is 11. The van der Waals surface area contributed by atoms with Crippen LogP contribution in [-0.2, 0) is 38.3 Å². The first-order chi connectivity index (χ1) is 25.1. The molecule has 1 rings (SSSR count). The molecule has 1 fully saturated rings. The van der Waals surface area contributed by atoms with E-state index < -0.39 is 59.8 Å². The van der Waals surface area contributed by atoms with Crippen molar-refractivity contribution in [3.8, 4) is 0 Å². The van der Waals surface area contributed by atoms with Crippen molar-refractivity contribution in [1.82, 2.24) is 0 Å². The van der Waals surface area contributed by atoms with E-state index in [1.54, 1.807) is 0 Å². The predicted octanol–water partition coefficient (Wildman–Crippen LogP) is 7.29. The van der Waals surface area contributed by atoms with E-state index >= 15 is 0 Å². The van der Waals surface area contributed by atoms with Crippen LogP contribution in [0.25, 0.3) is 0 Å². The number of hydrogen-bond donors (Lipinski definition) is 4. The topological polar surface area (TPSA) is 178 Å². The number of ether oxygens (including phenoxy) is 4. The summed E-state index contributed by atoms with van der Waals surface area (Å²) in [6.07, 6.45) is 24.0. The van der Waals surface area contributed by atoms with Crippen LogP contribution in [0, 0.1) is 0 Å². The Kier molecular flexibility index (Phi) is 29.8. The van der Waals surface area contributed by atoms with Crippen LogP contribution in [0.15, 0.2) is 24.3 Å². The zero-order valence-corrected chi connectivity index (χ0v) is 32.9. The number of allylic oxidation sites excluding steroid dienone is 4. The van der Waals surface area contributed by atoms with Gasteiger partial charge in [0.25, 0.3) is 0 Å². The van der Waals surface area contributed by atoms with E-state index in [0.29, 0.717) is 13.0 Å². The van der Waals surface area contributed by atoms with Crippen molar-refractivity contribution >= 4 is 16.4 Å². The Morgan fingerprint density at radius 1 is 0.731 bits per heavy atom. The first-order valence-electron chi connectivity index (χ1n) is 20.1. The quantitative estimate of drug-likeness (QED) is 0.0223. The monoisotopic (exact) mass is 764 g/mol. The van der Waals surface area contributed by atoms with Gasteiger partial charge in [0.15, 0.2) is 6.29 Å². The molecular formula is C39H72O12S. The Bertz CT molecular complexity index is 1020. The van der Waals surface area contributed by atoms with Gasteiger partial charge in [0, 0.05) is 13.0 Å². The summed E-state index contributed by atoms with van der Waals surface area (Å²) in [4.78, 5) is 12.6. The third kappa shape index (κ3) is 25.6. The second-order valence-electron chi connectivity index (χ2n) is 13.9. The lowest BCUT2D eigenvalue weighted by Gasteiger charge is -2.41. The van der Waals surface area contributed by atoms with Gasteiger partial charge in [-0.2, -0.15) is 8.42 Å². The number of aliphatic hydroxyl groups excluding tert-OH is 3. The van der Waals surface area contributed by atoms with Gasteiger partial charge in [-0.15, -0.1) is 0 Å². The van der Waals surface area contributed by atoms with Crippen molar-refractivity contribution in [2.45, 2.75) is 192 Å². The summed E-state index contributed by atoms with van der Waals surface area (Å²) in [5.74, 6) is -0.411. The molecule has 12 nitrogen and oxygen atoms in total. The SMILES string of the molecule is CCCCCC/C=C\C/C=C\CCCCCCCCCCOCC(COC1OC(CO)C(O)C(OS(=O)(=O)O)C1O)OC(=O)CCCCCCCC. The minimum Gasteiger partial charge on any atom is -0.457 e. The molecule has 0 amide bonds. The molecule has 1 aliphatic heterocycles. The molecule has 0 aromatic carbocycles. The van der Waals surface area contributed by atoms with Crippen LogP contribution in [0.3, 0.4) is 0 Å². The van der Waals surface area contributed by atoms with E-state index in [-0.39, 0.29) is 19.6 Å². The standard InChI is InChI=1S/C39H72O12S/c1-3-5-7-9-11-12-13-14-15-16-17-18-19-20-21-22-23-25-27-29-47-31-33(49-35(41)28-26-24-10-8-6-4-2)32-48-39-37(43)38(51-52(44,45)46)36(42)34(30-40)50-39/h12-13,15-16,33-34,36-40,42-43H,3-11,14,17-32H2,1-2H3,(H,44,45,46)/b13-12-,16-15-. The van der Waals surface area contributed by atoms with Gasteiger partial charge in [-0.3, -0.25) is 9.35 Å². The third-order valence-corrected chi connectivity index (χ3v) is 9.54. The van der Waals surface area contributed by atoms with Gasteiger partial charge in [-0.1, -0.05) is 128 Å². The summed E-state index contributed by atoms with van der Waals surface area (Å²) in [6.45, 7) is 3.87. The van der Waals surface area contributed by atoms with Crippen LogP contribution in [0.4, 0.5) is 0 Å². The number of unbranched alkanes of at least 4 members (excludes halogenated alkanes) is 17. The molecule has 0 saturated carbocycles. The number of rotatable bonds is 34. The number of carbonyl (C=O) groups is 1. The Morgan fingerprint density at radius 3 is 1.85 bits per heavy atom. The first-order valence-corrected chi connectivity index (χ1v) is 21.5. The summed E-state index contributed by atoms with van der Waals surface area (Å²) in [5, 5.41) is 30.4. The largest absolute Gasteiger partial charge is 0.457 e. The fraction of sp³-hybridized carbons (Fsp3) is 0.872. The maximum Gasteiger partial charge on any atom is 0.397 e. The average Bonchev–Trinajstić information content (AvgIpc) is 3.11. The number of aliphatic hydroxyl groups is 3. The second kappa shape index (κ2) is 31.9. The molecule has 306 valence electrons. The fourth-order valence-corrected chi connectivity index (χ4v) is 6.50. The lowest BCUT2D eigenvalue weighted by Crippen LogP contribution is -2.60. The minimum absolute atomic E-state index is 0.0336. The summed E-state index contributed by atoms with van der Waals surface area (Å²) < 4.78 is 58.6. The van der Waals surface area contributed by atoms with E-state index in [1.165, 1.54) is 64.2 Å². The molecule has 1 aliphatic rings. The van der Waals surface area contributed by atoms with Crippen molar-refractivity contribution in [3.63, 3.8) is 0 Å². The molecule has 1 heterocycles. The van der Waals surface area contributed by atoms with E-state index in [9.17, 15) is 28.5 Å². The summed E-state index contributed by atoms with van der Waals surface area (Å²) in [6, 6.07) is 0. The van der Waals surface area contributed by atoms with Crippen LogP contribution in [0.5, 0.6) is 0 Å². The highest BCUT2D eigenvalue weighted by molar-refractivity contribution is 7.80. The lowest BCUT2D eigenvalue weighted by molar-refractivity contribution is -0.301. The fourth-order valence-electron chi connectivity index (χ4n) is 6.00.